The minimum atomic E-state index is 0.422. The molecule has 4 heteroatoms. The molecule has 1 aromatic carbocycles. The highest BCUT2D eigenvalue weighted by Crippen LogP contribution is 2.25. The monoisotopic (exact) mass is 237 g/mol. The van der Waals surface area contributed by atoms with Gasteiger partial charge in [-0.15, -0.1) is 0 Å². The second-order valence-electron chi connectivity index (χ2n) is 3.52. The van der Waals surface area contributed by atoms with E-state index in [4.69, 9.17) is 20.9 Å². The van der Waals surface area contributed by atoms with Gasteiger partial charge >= 0.3 is 0 Å². The number of hydrogen-bond acceptors (Lipinski definition) is 3. The fourth-order valence-electron chi connectivity index (χ4n) is 1.42. The zero-order valence-corrected chi connectivity index (χ0v) is 9.91. The summed E-state index contributed by atoms with van der Waals surface area (Å²) in [5, 5.41) is 4.47. The van der Waals surface area contributed by atoms with Gasteiger partial charge in [-0.1, -0.05) is 28.9 Å². The van der Waals surface area contributed by atoms with Crippen molar-refractivity contribution in [1.82, 2.24) is 5.16 Å². The molecule has 0 aliphatic rings. The van der Waals surface area contributed by atoms with Crippen molar-refractivity contribution in [3.8, 4) is 5.75 Å². The molecule has 16 heavy (non-hydrogen) atoms. The molecule has 0 aliphatic heterocycles. The lowest BCUT2D eigenvalue weighted by Crippen LogP contribution is -1.98. The molecule has 2 rings (SSSR count). The lowest BCUT2D eigenvalue weighted by molar-refractivity contribution is 0.302. The Morgan fingerprint density at radius 1 is 1.31 bits per heavy atom. The van der Waals surface area contributed by atoms with Crippen LogP contribution in [0.4, 0.5) is 0 Å². The maximum absolute atomic E-state index is 5.98. The summed E-state index contributed by atoms with van der Waals surface area (Å²) in [4.78, 5) is 0. The largest absolute Gasteiger partial charge is 0.487 e. The van der Waals surface area contributed by atoms with Crippen molar-refractivity contribution in [3.63, 3.8) is 0 Å². The fraction of sp³-hybridized carbons (Fsp3) is 0.250. The minimum Gasteiger partial charge on any atom is -0.487 e. The smallest absolute Gasteiger partial charge is 0.140 e. The first-order valence-electron chi connectivity index (χ1n) is 4.97. The summed E-state index contributed by atoms with van der Waals surface area (Å²) in [6, 6.07) is 7.38. The number of halogens is 1. The Balaban J connectivity index is 2.11. The van der Waals surface area contributed by atoms with Crippen molar-refractivity contribution in [2.45, 2.75) is 20.5 Å². The van der Waals surface area contributed by atoms with Crippen molar-refractivity contribution >= 4 is 11.6 Å². The van der Waals surface area contributed by atoms with E-state index in [1.54, 1.807) is 6.07 Å². The maximum atomic E-state index is 5.98. The number of para-hydroxylation sites is 1. The van der Waals surface area contributed by atoms with Crippen LogP contribution in [-0.2, 0) is 6.61 Å². The molecule has 0 bridgehead atoms. The van der Waals surface area contributed by atoms with Crippen molar-refractivity contribution in [3.05, 3.63) is 46.3 Å². The van der Waals surface area contributed by atoms with Gasteiger partial charge in [-0.3, -0.25) is 0 Å². The van der Waals surface area contributed by atoms with Crippen molar-refractivity contribution in [2.75, 3.05) is 0 Å². The third-order valence-electron chi connectivity index (χ3n) is 2.39. The van der Waals surface area contributed by atoms with Gasteiger partial charge in [-0.05, 0) is 26.0 Å². The van der Waals surface area contributed by atoms with E-state index in [1.807, 2.05) is 32.0 Å². The molecule has 1 aromatic heterocycles. The van der Waals surface area contributed by atoms with Gasteiger partial charge in [-0.2, -0.15) is 0 Å². The lowest BCUT2D eigenvalue weighted by Gasteiger charge is -2.06. The molecule has 3 nitrogen and oxygen atoms in total. The van der Waals surface area contributed by atoms with E-state index in [9.17, 15) is 0 Å². The summed E-state index contributed by atoms with van der Waals surface area (Å²) < 4.78 is 10.7. The normalized spacial score (nSPS) is 10.4. The van der Waals surface area contributed by atoms with Crippen LogP contribution in [0.3, 0.4) is 0 Å². The molecule has 0 atom stereocenters. The summed E-state index contributed by atoms with van der Waals surface area (Å²) in [7, 11) is 0. The molecule has 0 saturated carbocycles. The molecule has 0 unspecified atom stereocenters. The second kappa shape index (κ2) is 4.58. The average Bonchev–Trinajstić information content (AvgIpc) is 2.58. The summed E-state index contributed by atoms with van der Waals surface area (Å²) >= 11 is 5.98. The van der Waals surface area contributed by atoms with Gasteiger partial charge in [-0.25, -0.2) is 0 Å². The van der Waals surface area contributed by atoms with Crippen LogP contribution < -0.4 is 4.74 Å². The molecular weight excluding hydrogens is 226 g/mol. The Hall–Kier alpha value is -1.48. The van der Waals surface area contributed by atoms with E-state index < -0.39 is 0 Å². The van der Waals surface area contributed by atoms with Gasteiger partial charge in [0.25, 0.3) is 0 Å². The van der Waals surface area contributed by atoms with Crippen molar-refractivity contribution < 1.29 is 9.26 Å². The van der Waals surface area contributed by atoms with Crippen LogP contribution in [0.1, 0.15) is 17.0 Å². The number of rotatable bonds is 3. The molecule has 0 N–H and O–H groups in total. The molecule has 0 spiro atoms. The maximum Gasteiger partial charge on any atom is 0.140 e. The average molecular weight is 238 g/mol. The zero-order valence-electron chi connectivity index (χ0n) is 9.16. The molecule has 0 fully saturated rings. The molecule has 0 saturated heterocycles. The first-order valence-corrected chi connectivity index (χ1v) is 5.35. The number of aryl methyl sites for hydroxylation is 2. The van der Waals surface area contributed by atoms with Crippen LogP contribution in [0.15, 0.2) is 28.8 Å². The second-order valence-corrected chi connectivity index (χ2v) is 3.93. The predicted molar refractivity (Wildman–Crippen MR) is 61.8 cm³/mol. The lowest BCUT2D eigenvalue weighted by atomic mass is 10.2. The predicted octanol–water partition coefficient (Wildman–Crippen LogP) is 3.52. The standard InChI is InChI=1S/C12H12ClNO2/c1-8-10(9(2)16-14-8)7-15-12-6-4-3-5-11(12)13/h3-6H,7H2,1-2H3. The Morgan fingerprint density at radius 3 is 2.69 bits per heavy atom. The number of benzene rings is 1. The van der Waals surface area contributed by atoms with E-state index in [2.05, 4.69) is 5.16 Å². The molecule has 0 amide bonds. The van der Waals surface area contributed by atoms with Crippen LogP contribution >= 0.6 is 11.6 Å². The van der Waals surface area contributed by atoms with E-state index in [0.29, 0.717) is 17.4 Å². The summed E-state index contributed by atoms with van der Waals surface area (Å²) in [6.45, 7) is 4.18. The van der Waals surface area contributed by atoms with E-state index in [1.165, 1.54) is 0 Å². The number of nitrogens with zero attached hydrogens (tertiary/aromatic N) is 1. The first kappa shape index (κ1) is 11.0. The molecular formula is C12H12ClNO2. The van der Waals surface area contributed by atoms with Crippen LogP contribution in [0.2, 0.25) is 5.02 Å². The van der Waals surface area contributed by atoms with Gasteiger partial charge in [0, 0.05) is 0 Å². The van der Waals surface area contributed by atoms with Crippen LogP contribution in [0, 0.1) is 13.8 Å². The third kappa shape index (κ3) is 2.19. The van der Waals surface area contributed by atoms with Crippen LogP contribution in [-0.4, -0.2) is 5.16 Å². The van der Waals surface area contributed by atoms with E-state index in [-0.39, 0.29) is 0 Å². The van der Waals surface area contributed by atoms with Crippen LogP contribution in [0.5, 0.6) is 5.75 Å². The SMILES string of the molecule is Cc1noc(C)c1COc1ccccc1Cl. The molecule has 0 aliphatic carbocycles. The molecule has 84 valence electrons. The Labute approximate surface area is 99.0 Å². The van der Waals surface area contributed by atoms with Crippen LogP contribution in [0.25, 0.3) is 0 Å². The first-order chi connectivity index (χ1) is 7.68. The highest BCUT2D eigenvalue weighted by molar-refractivity contribution is 6.32. The summed E-state index contributed by atoms with van der Waals surface area (Å²) in [5.41, 5.74) is 1.82. The van der Waals surface area contributed by atoms with Crippen molar-refractivity contribution in [1.29, 1.82) is 0 Å². The van der Waals surface area contributed by atoms with Gasteiger partial charge in [0.1, 0.15) is 18.1 Å². The number of ether oxygens (including phenoxy) is 1. The van der Waals surface area contributed by atoms with Gasteiger partial charge in [0.05, 0.1) is 16.3 Å². The fourth-order valence-corrected chi connectivity index (χ4v) is 1.61. The zero-order chi connectivity index (χ0) is 11.5. The molecule has 0 radical (unpaired) electrons. The van der Waals surface area contributed by atoms with Gasteiger partial charge in [0.2, 0.25) is 0 Å². The number of hydrogen-bond donors (Lipinski definition) is 0. The van der Waals surface area contributed by atoms with Crippen molar-refractivity contribution in [2.24, 2.45) is 0 Å². The number of aromatic nitrogens is 1. The third-order valence-corrected chi connectivity index (χ3v) is 2.70. The van der Waals surface area contributed by atoms with Gasteiger partial charge < -0.3 is 9.26 Å². The van der Waals surface area contributed by atoms with Gasteiger partial charge in [0.15, 0.2) is 0 Å². The Bertz CT molecular complexity index is 474. The van der Waals surface area contributed by atoms with E-state index >= 15 is 0 Å². The minimum absolute atomic E-state index is 0.422. The molecule has 2 aromatic rings. The molecule has 1 heterocycles. The Morgan fingerprint density at radius 2 is 2.06 bits per heavy atom. The summed E-state index contributed by atoms with van der Waals surface area (Å²) in [5.74, 6) is 1.45. The highest BCUT2D eigenvalue weighted by Gasteiger charge is 2.10. The topological polar surface area (TPSA) is 35.3 Å². The summed E-state index contributed by atoms with van der Waals surface area (Å²) in [6.07, 6.45) is 0. The highest BCUT2D eigenvalue weighted by atomic mass is 35.5. The quantitative estimate of drug-likeness (QED) is 0.819. The Kier molecular flexibility index (Phi) is 3.15. The van der Waals surface area contributed by atoms with E-state index in [0.717, 1.165) is 17.0 Å².